The first kappa shape index (κ1) is 9.46. The molecule has 1 saturated carbocycles. The van der Waals surface area contributed by atoms with Gasteiger partial charge in [0.1, 0.15) is 0 Å². The van der Waals surface area contributed by atoms with Gasteiger partial charge in [0.25, 0.3) is 0 Å². The third-order valence-corrected chi connectivity index (χ3v) is 4.90. The maximum atomic E-state index is 11.1. The number of sulfone groups is 1. The molecule has 76 valence electrons. The molecule has 0 radical (unpaired) electrons. The molecular weight excluding hydrogens is 188 g/mol. The van der Waals surface area contributed by atoms with Crippen molar-refractivity contribution in [1.82, 2.24) is 0 Å². The standard InChI is InChI=1S/C9H16O3S/c10-9(8-1-2-8)5-7-3-4-13(11,12)6-7/h7-10H,1-6H2. The minimum absolute atomic E-state index is 0.223. The van der Waals surface area contributed by atoms with Crippen LogP contribution in [0.3, 0.4) is 0 Å². The van der Waals surface area contributed by atoms with Gasteiger partial charge in [-0.05, 0) is 37.5 Å². The largest absolute Gasteiger partial charge is 0.393 e. The van der Waals surface area contributed by atoms with E-state index in [9.17, 15) is 13.5 Å². The molecule has 1 aliphatic carbocycles. The number of rotatable bonds is 3. The van der Waals surface area contributed by atoms with Gasteiger partial charge in [0.2, 0.25) is 0 Å². The minimum atomic E-state index is -2.76. The van der Waals surface area contributed by atoms with Crippen LogP contribution in [0.4, 0.5) is 0 Å². The zero-order valence-electron chi connectivity index (χ0n) is 7.65. The van der Waals surface area contributed by atoms with Crippen LogP contribution in [-0.2, 0) is 9.84 Å². The SMILES string of the molecule is O=S1(=O)CCC(CC(O)C2CC2)C1. The topological polar surface area (TPSA) is 54.4 Å². The van der Waals surface area contributed by atoms with E-state index in [0.717, 1.165) is 19.3 Å². The van der Waals surface area contributed by atoms with E-state index in [4.69, 9.17) is 0 Å². The molecule has 0 aromatic carbocycles. The van der Waals surface area contributed by atoms with E-state index in [-0.39, 0.29) is 12.0 Å². The van der Waals surface area contributed by atoms with Crippen LogP contribution in [0.2, 0.25) is 0 Å². The van der Waals surface area contributed by atoms with Crippen LogP contribution in [0.5, 0.6) is 0 Å². The Morgan fingerprint density at radius 1 is 1.31 bits per heavy atom. The molecule has 13 heavy (non-hydrogen) atoms. The molecule has 1 heterocycles. The molecule has 4 heteroatoms. The first-order valence-corrected chi connectivity index (χ1v) is 6.77. The van der Waals surface area contributed by atoms with Gasteiger partial charge in [-0.1, -0.05) is 0 Å². The summed E-state index contributed by atoms with van der Waals surface area (Å²) in [6.07, 6.45) is 3.47. The first-order chi connectivity index (χ1) is 6.07. The normalized spacial score (nSPS) is 34.7. The van der Waals surface area contributed by atoms with E-state index >= 15 is 0 Å². The van der Waals surface area contributed by atoms with Crippen LogP contribution in [0, 0.1) is 11.8 Å². The fourth-order valence-corrected chi connectivity index (χ4v) is 3.95. The second kappa shape index (κ2) is 3.24. The first-order valence-electron chi connectivity index (χ1n) is 4.95. The molecular formula is C9H16O3S. The minimum Gasteiger partial charge on any atom is -0.393 e. The summed E-state index contributed by atoms with van der Waals surface area (Å²) in [5.41, 5.74) is 0. The van der Waals surface area contributed by atoms with Crippen molar-refractivity contribution in [1.29, 1.82) is 0 Å². The summed E-state index contributed by atoms with van der Waals surface area (Å²) in [4.78, 5) is 0. The van der Waals surface area contributed by atoms with Crippen molar-refractivity contribution < 1.29 is 13.5 Å². The van der Waals surface area contributed by atoms with Crippen molar-refractivity contribution in [3.8, 4) is 0 Å². The molecule has 0 aromatic rings. The van der Waals surface area contributed by atoms with Gasteiger partial charge in [0.05, 0.1) is 17.6 Å². The van der Waals surface area contributed by atoms with Crippen LogP contribution in [0.1, 0.15) is 25.7 Å². The van der Waals surface area contributed by atoms with Crippen molar-refractivity contribution in [2.45, 2.75) is 31.8 Å². The van der Waals surface area contributed by atoms with Crippen LogP contribution in [-0.4, -0.2) is 31.1 Å². The van der Waals surface area contributed by atoms with Crippen LogP contribution in [0.15, 0.2) is 0 Å². The van der Waals surface area contributed by atoms with Gasteiger partial charge in [0.15, 0.2) is 9.84 Å². The predicted molar refractivity (Wildman–Crippen MR) is 50.1 cm³/mol. The Morgan fingerprint density at radius 3 is 2.46 bits per heavy atom. The lowest BCUT2D eigenvalue weighted by Gasteiger charge is -2.12. The molecule has 1 aliphatic heterocycles. The Labute approximate surface area is 79.1 Å². The zero-order chi connectivity index (χ0) is 9.47. The third-order valence-electron chi connectivity index (χ3n) is 3.07. The van der Waals surface area contributed by atoms with E-state index in [1.165, 1.54) is 0 Å². The zero-order valence-corrected chi connectivity index (χ0v) is 8.46. The summed E-state index contributed by atoms with van der Waals surface area (Å²) in [6, 6.07) is 0. The molecule has 1 N–H and O–H groups in total. The number of aliphatic hydroxyl groups is 1. The Balaban J connectivity index is 1.83. The van der Waals surface area contributed by atoms with Crippen LogP contribution in [0.25, 0.3) is 0 Å². The molecule has 0 spiro atoms. The lowest BCUT2D eigenvalue weighted by Crippen LogP contribution is -2.16. The molecule has 2 atom stereocenters. The van der Waals surface area contributed by atoms with Crippen LogP contribution >= 0.6 is 0 Å². The second-order valence-corrected chi connectivity index (χ2v) is 6.64. The molecule has 2 fully saturated rings. The Bertz CT molecular complexity index is 279. The fourth-order valence-electron chi connectivity index (χ4n) is 2.07. The predicted octanol–water partition coefficient (Wildman–Crippen LogP) is 0.582. The second-order valence-electron chi connectivity index (χ2n) is 4.41. The van der Waals surface area contributed by atoms with E-state index in [2.05, 4.69) is 0 Å². The summed E-state index contributed by atoms with van der Waals surface area (Å²) in [7, 11) is -2.76. The monoisotopic (exact) mass is 204 g/mol. The number of hydrogen-bond donors (Lipinski definition) is 1. The summed E-state index contributed by atoms with van der Waals surface area (Å²) in [6.45, 7) is 0. The maximum absolute atomic E-state index is 11.1. The van der Waals surface area contributed by atoms with Crippen molar-refractivity contribution in [2.75, 3.05) is 11.5 Å². The van der Waals surface area contributed by atoms with E-state index in [1.54, 1.807) is 0 Å². The van der Waals surface area contributed by atoms with E-state index < -0.39 is 9.84 Å². The van der Waals surface area contributed by atoms with Crippen molar-refractivity contribution >= 4 is 9.84 Å². The molecule has 3 nitrogen and oxygen atoms in total. The quantitative estimate of drug-likeness (QED) is 0.731. The van der Waals surface area contributed by atoms with Crippen molar-refractivity contribution in [3.63, 3.8) is 0 Å². The third kappa shape index (κ3) is 2.44. The fraction of sp³-hybridized carbons (Fsp3) is 1.00. The van der Waals surface area contributed by atoms with E-state index in [1.807, 2.05) is 0 Å². The number of aliphatic hydroxyl groups excluding tert-OH is 1. The lowest BCUT2D eigenvalue weighted by molar-refractivity contribution is 0.125. The average Bonchev–Trinajstić information content (AvgIpc) is 2.78. The smallest absolute Gasteiger partial charge is 0.150 e. The molecule has 0 aromatic heterocycles. The van der Waals surface area contributed by atoms with Crippen LogP contribution < -0.4 is 0 Å². The van der Waals surface area contributed by atoms with E-state index in [0.29, 0.717) is 23.8 Å². The average molecular weight is 204 g/mol. The maximum Gasteiger partial charge on any atom is 0.150 e. The lowest BCUT2D eigenvalue weighted by atomic mass is 9.99. The highest BCUT2D eigenvalue weighted by Crippen LogP contribution is 2.36. The van der Waals surface area contributed by atoms with Gasteiger partial charge < -0.3 is 5.11 Å². The highest BCUT2D eigenvalue weighted by molar-refractivity contribution is 7.91. The molecule has 0 amide bonds. The molecule has 2 aliphatic rings. The highest BCUT2D eigenvalue weighted by atomic mass is 32.2. The summed E-state index contributed by atoms with van der Waals surface area (Å²) < 4.78 is 22.3. The summed E-state index contributed by atoms with van der Waals surface area (Å²) in [5, 5.41) is 9.62. The Kier molecular flexibility index (Phi) is 2.36. The Morgan fingerprint density at radius 2 is 2.00 bits per heavy atom. The van der Waals surface area contributed by atoms with Crippen molar-refractivity contribution in [3.05, 3.63) is 0 Å². The van der Waals surface area contributed by atoms with Gasteiger partial charge in [-0.3, -0.25) is 0 Å². The molecule has 2 rings (SSSR count). The molecule has 0 bridgehead atoms. The highest BCUT2D eigenvalue weighted by Gasteiger charge is 2.35. The van der Waals surface area contributed by atoms with Gasteiger partial charge in [0, 0.05) is 0 Å². The van der Waals surface area contributed by atoms with Gasteiger partial charge in [-0.25, -0.2) is 8.42 Å². The van der Waals surface area contributed by atoms with Crippen molar-refractivity contribution in [2.24, 2.45) is 11.8 Å². The summed E-state index contributed by atoms with van der Waals surface area (Å²) >= 11 is 0. The molecule has 2 unspecified atom stereocenters. The Hall–Kier alpha value is -0.0900. The number of hydrogen-bond acceptors (Lipinski definition) is 3. The van der Waals surface area contributed by atoms with Gasteiger partial charge in [-0.15, -0.1) is 0 Å². The molecule has 1 saturated heterocycles. The van der Waals surface area contributed by atoms with Gasteiger partial charge >= 0.3 is 0 Å². The summed E-state index contributed by atoms with van der Waals surface area (Å²) in [5.74, 6) is 1.33. The van der Waals surface area contributed by atoms with Gasteiger partial charge in [-0.2, -0.15) is 0 Å².